The van der Waals surface area contributed by atoms with E-state index in [9.17, 15) is 0 Å². The molecule has 0 saturated carbocycles. The second-order valence-electron chi connectivity index (χ2n) is 5.82. The summed E-state index contributed by atoms with van der Waals surface area (Å²) in [6, 6.07) is 7.81. The van der Waals surface area contributed by atoms with Crippen molar-refractivity contribution in [3.63, 3.8) is 0 Å². The smallest absolute Gasteiger partial charge is 0.247 e. The number of hydrogen-bond acceptors (Lipinski definition) is 5. The molecule has 5 heteroatoms. The number of aromatic nitrogens is 2. The molecule has 0 spiro atoms. The van der Waals surface area contributed by atoms with E-state index in [1.165, 1.54) is 12.8 Å². The summed E-state index contributed by atoms with van der Waals surface area (Å²) in [5.74, 6) is 2.09. The highest BCUT2D eigenvalue weighted by molar-refractivity contribution is 5.53. The van der Waals surface area contributed by atoms with Gasteiger partial charge in [-0.15, -0.1) is 10.2 Å². The quantitative estimate of drug-likeness (QED) is 0.616. The van der Waals surface area contributed by atoms with Crippen LogP contribution in [-0.4, -0.2) is 35.3 Å². The lowest BCUT2D eigenvalue weighted by Gasteiger charge is -2.12. The minimum atomic E-state index is 0.559. The largest absolute Gasteiger partial charge is 0.494 e. The lowest BCUT2D eigenvalue weighted by atomic mass is 10.2. The van der Waals surface area contributed by atoms with Crippen LogP contribution < -0.4 is 4.74 Å². The molecule has 0 N–H and O–H groups in total. The first kappa shape index (κ1) is 17.5. The Labute approximate surface area is 138 Å². The number of benzene rings is 1. The first-order valence-electron chi connectivity index (χ1n) is 8.47. The van der Waals surface area contributed by atoms with Gasteiger partial charge in [0, 0.05) is 5.56 Å². The van der Waals surface area contributed by atoms with Crippen molar-refractivity contribution >= 4 is 0 Å². The zero-order valence-electron chi connectivity index (χ0n) is 14.4. The molecule has 0 radical (unpaired) electrons. The maximum absolute atomic E-state index is 5.75. The van der Waals surface area contributed by atoms with Crippen molar-refractivity contribution < 1.29 is 9.15 Å². The predicted octanol–water partition coefficient (Wildman–Crippen LogP) is 4.15. The van der Waals surface area contributed by atoms with E-state index in [1.807, 2.05) is 24.3 Å². The minimum Gasteiger partial charge on any atom is -0.494 e. The van der Waals surface area contributed by atoms with Crippen LogP contribution in [0.25, 0.3) is 11.5 Å². The predicted molar refractivity (Wildman–Crippen MR) is 91.4 cm³/mol. The van der Waals surface area contributed by atoms with E-state index < -0.39 is 0 Å². The third-order valence-electron chi connectivity index (χ3n) is 3.63. The van der Waals surface area contributed by atoms with E-state index in [2.05, 4.69) is 36.0 Å². The van der Waals surface area contributed by atoms with Gasteiger partial charge in [0.15, 0.2) is 0 Å². The number of nitrogens with zero attached hydrogens (tertiary/aromatic N) is 3. The van der Waals surface area contributed by atoms with E-state index >= 15 is 0 Å². The molecule has 0 aliphatic carbocycles. The Morgan fingerprint density at radius 3 is 2.48 bits per heavy atom. The van der Waals surface area contributed by atoms with Crippen LogP contribution in [-0.2, 0) is 6.54 Å². The van der Waals surface area contributed by atoms with Gasteiger partial charge in [-0.25, -0.2) is 0 Å². The number of hydrogen-bond donors (Lipinski definition) is 0. The fourth-order valence-electron chi connectivity index (χ4n) is 2.20. The number of unbranched alkanes of at least 4 members (excludes halogenated alkanes) is 2. The molecule has 126 valence electrons. The van der Waals surface area contributed by atoms with Gasteiger partial charge in [-0.2, -0.15) is 0 Å². The van der Waals surface area contributed by atoms with Crippen LogP contribution in [0.5, 0.6) is 5.75 Å². The van der Waals surface area contributed by atoms with Gasteiger partial charge in [0.2, 0.25) is 11.8 Å². The normalized spacial score (nSPS) is 11.1. The molecule has 0 saturated heterocycles. The summed E-state index contributed by atoms with van der Waals surface area (Å²) < 4.78 is 11.4. The van der Waals surface area contributed by atoms with Crippen LogP contribution in [0, 0.1) is 0 Å². The summed E-state index contributed by atoms with van der Waals surface area (Å²) in [4.78, 5) is 2.20. The highest BCUT2D eigenvalue weighted by atomic mass is 16.5. The van der Waals surface area contributed by atoms with Crippen LogP contribution in [0.2, 0.25) is 0 Å². The molecule has 1 heterocycles. The van der Waals surface area contributed by atoms with Gasteiger partial charge in [-0.3, -0.25) is 4.90 Å². The molecule has 0 atom stereocenters. The Morgan fingerprint density at radius 1 is 1.04 bits per heavy atom. The molecule has 1 aromatic carbocycles. The van der Waals surface area contributed by atoms with Crippen molar-refractivity contribution in [2.24, 2.45) is 0 Å². The molecular formula is C18H27N3O2. The van der Waals surface area contributed by atoms with Crippen LogP contribution in [0.4, 0.5) is 0 Å². The maximum Gasteiger partial charge on any atom is 0.247 e. The van der Waals surface area contributed by atoms with E-state index in [0.717, 1.165) is 37.3 Å². The summed E-state index contributed by atoms with van der Waals surface area (Å²) in [6.07, 6.45) is 4.57. The average Bonchev–Trinajstić information content (AvgIpc) is 3.02. The first-order chi connectivity index (χ1) is 11.2. The second-order valence-corrected chi connectivity index (χ2v) is 5.82. The molecule has 0 bridgehead atoms. The van der Waals surface area contributed by atoms with Gasteiger partial charge in [0.05, 0.1) is 13.2 Å². The monoisotopic (exact) mass is 317 g/mol. The zero-order chi connectivity index (χ0) is 16.5. The summed E-state index contributed by atoms with van der Waals surface area (Å²) in [7, 11) is 2.07. The minimum absolute atomic E-state index is 0.559. The van der Waals surface area contributed by atoms with E-state index in [0.29, 0.717) is 18.3 Å². The van der Waals surface area contributed by atoms with Crippen LogP contribution >= 0.6 is 0 Å². The van der Waals surface area contributed by atoms with Crippen LogP contribution in [0.1, 0.15) is 45.4 Å². The Balaban J connectivity index is 1.92. The Morgan fingerprint density at radius 2 is 1.78 bits per heavy atom. The molecule has 23 heavy (non-hydrogen) atoms. The Kier molecular flexibility index (Phi) is 7.07. The molecular weight excluding hydrogens is 290 g/mol. The second kappa shape index (κ2) is 9.30. The molecule has 2 aromatic rings. The van der Waals surface area contributed by atoms with Gasteiger partial charge >= 0.3 is 0 Å². The number of rotatable bonds is 10. The molecule has 0 fully saturated rings. The maximum atomic E-state index is 5.75. The van der Waals surface area contributed by atoms with Crippen molar-refractivity contribution in [1.82, 2.24) is 15.1 Å². The zero-order valence-corrected chi connectivity index (χ0v) is 14.4. The van der Waals surface area contributed by atoms with Gasteiger partial charge in [-0.1, -0.05) is 26.7 Å². The average molecular weight is 317 g/mol. The number of ether oxygens (including phenoxy) is 1. The summed E-state index contributed by atoms with van der Waals surface area (Å²) in [6.45, 7) is 6.82. The van der Waals surface area contributed by atoms with Crippen LogP contribution in [0.15, 0.2) is 28.7 Å². The van der Waals surface area contributed by atoms with E-state index in [4.69, 9.17) is 9.15 Å². The summed E-state index contributed by atoms with van der Waals surface area (Å²) >= 11 is 0. The van der Waals surface area contributed by atoms with Gasteiger partial charge in [0.1, 0.15) is 5.75 Å². The third kappa shape index (κ3) is 5.67. The topological polar surface area (TPSA) is 51.4 Å². The molecule has 5 nitrogen and oxygen atoms in total. The summed E-state index contributed by atoms with van der Waals surface area (Å²) in [5, 5.41) is 8.27. The van der Waals surface area contributed by atoms with Gasteiger partial charge in [-0.05, 0) is 50.7 Å². The van der Waals surface area contributed by atoms with Crippen molar-refractivity contribution in [2.75, 3.05) is 20.2 Å². The summed E-state index contributed by atoms with van der Waals surface area (Å²) in [5.41, 5.74) is 0.919. The fourth-order valence-corrected chi connectivity index (χ4v) is 2.20. The van der Waals surface area contributed by atoms with Gasteiger partial charge < -0.3 is 9.15 Å². The van der Waals surface area contributed by atoms with Gasteiger partial charge in [0.25, 0.3) is 0 Å². The highest BCUT2D eigenvalue weighted by Gasteiger charge is 2.10. The molecule has 2 rings (SSSR count). The molecule has 1 aromatic heterocycles. The highest BCUT2D eigenvalue weighted by Crippen LogP contribution is 2.21. The standard InChI is InChI=1S/C18H27N3O2/c1-4-6-12-21(3)14-17-19-20-18(23-17)15-8-10-16(11-9-15)22-13-7-5-2/h8-11H,4-7,12-14H2,1-3H3. The molecule has 0 aliphatic heterocycles. The third-order valence-corrected chi connectivity index (χ3v) is 3.63. The molecule has 0 amide bonds. The molecule has 0 aliphatic rings. The lowest BCUT2D eigenvalue weighted by molar-refractivity contribution is 0.286. The van der Waals surface area contributed by atoms with Crippen molar-refractivity contribution in [3.8, 4) is 17.2 Å². The van der Waals surface area contributed by atoms with Crippen molar-refractivity contribution in [1.29, 1.82) is 0 Å². The van der Waals surface area contributed by atoms with E-state index in [-0.39, 0.29) is 0 Å². The Bertz CT molecular complexity index is 566. The van der Waals surface area contributed by atoms with Crippen molar-refractivity contribution in [3.05, 3.63) is 30.2 Å². The lowest BCUT2D eigenvalue weighted by Crippen LogP contribution is -2.19. The molecule has 0 unspecified atom stereocenters. The van der Waals surface area contributed by atoms with Crippen molar-refractivity contribution in [2.45, 2.75) is 46.1 Å². The first-order valence-corrected chi connectivity index (χ1v) is 8.47. The van der Waals surface area contributed by atoms with E-state index in [1.54, 1.807) is 0 Å². The fraction of sp³-hybridized carbons (Fsp3) is 0.556. The SMILES string of the molecule is CCCCOc1ccc(-c2nnc(CN(C)CCCC)o2)cc1. The Hall–Kier alpha value is -1.88. The van der Waals surface area contributed by atoms with Crippen LogP contribution in [0.3, 0.4) is 0 Å².